The van der Waals surface area contributed by atoms with Crippen LogP contribution >= 0.6 is 11.3 Å². The van der Waals surface area contributed by atoms with Gasteiger partial charge in [0, 0.05) is 5.69 Å². The van der Waals surface area contributed by atoms with Crippen LogP contribution in [0, 0.1) is 0 Å². The van der Waals surface area contributed by atoms with E-state index in [2.05, 4.69) is 10.0 Å². The van der Waals surface area contributed by atoms with Crippen molar-refractivity contribution >= 4 is 33.1 Å². The van der Waals surface area contributed by atoms with E-state index in [1.165, 1.54) is 6.07 Å². The molecule has 0 spiro atoms. The van der Waals surface area contributed by atoms with Crippen LogP contribution in [0.25, 0.3) is 0 Å². The molecule has 2 aromatic rings. The van der Waals surface area contributed by atoms with Gasteiger partial charge in [-0.25, -0.2) is 17.9 Å². The van der Waals surface area contributed by atoms with E-state index >= 15 is 0 Å². The van der Waals surface area contributed by atoms with Crippen LogP contribution in [0.15, 0.2) is 52.1 Å². The molecule has 144 valence electrons. The molecule has 2 N–H and O–H groups in total. The van der Waals surface area contributed by atoms with Crippen molar-refractivity contribution in [2.45, 2.75) is 28.6 Å². The molecule has 0 bridgehead atoms. The standard InChI is InChI=1S/C17H18N2O6S2/c20-17(18-11-5-2-1-3-6-11)25-13-10-24-15-12(9-23-16(13)15)19-27(21,22)14-7-4-8-26-14/h1-8,12-13,15-16,19H,9-10H2,(H,18,20). The largest absolute Gasteiger partial charge is 0.441 e. The van der Waals surface area contributed by atoms with Crippen LogP contribution in [0.1, 0.15) is 0 Å². The Labute approximate surface area is 160 Å². The second kappa shape index (κ2) is 7.56. The monoisotopic (exact) mass is 410 g/mol. The van der Waals surface area contributed by atoms with E-state index < -0.39 is 40.5 Å². The van der Waals surface area contributed by atoms with Crippen LogP contribution in [0.3, 0.4) is 0 Å². The summed E-state index contributed by atoms with van der Waals surface area (Å²) in [6, 6.07) is 11.6. The predicted molar refractivity (Wildman–Crippen MR) is 98.2 cm³/mol. The number of sulfonamides is 1. The average Bonchev–Trinajstić information content (AvgIpc) is 3.36. The molecule has 2 fully saturated rings. The fourth-order valence-corrected chi connectivity index (χ4v) is 5.39. The second-order valence-corrected chi connectivity index (χ2v) is 9.08. The predicted octanol–water partition coefficient (Wildman–Crippen LogP) is 1.81. The van der Waals surface area contributed by atoms with Gasteiger partial charge in [-0.3, -0.25) is 5.32 Å². The minimum atomic E-state index is -3.63. The highest BCUT2D eigenvalue weighted by molar-refractivity contribution is 7.91. The van der Waals surface area contributed by atoms with Crippen LogP contribution in [-0.4, -0.2) is 52.1 Å². The summed E-state index contributed by atoms with van der Waals surface area (Å²) >= 11 is 1.14. The maximum atomic E-state index is 12.4. The molecule has 0 saturated carbocycles. The second-order valence-electron chi connectivity index (χ2n) is 6.19. The van der Waals surface area contributed by atoms with Gasteiger partial charge in [-0.15, -0.1) is 11.3 Å². The Bertz CT molecular complexity index is 887. The van der Waals surface area contributed by atoms with E-state index in [9.17, 15) is 13.2 Å². The van der Waals surface area contributed by atoms with Crippen LogP contribution < -0.4 is 10.0 Å². The number of para-hydroxylation sites is 1. The summed E-state index contributed by atoms with van der Waals surface area (Å²) in [6.07, 6.45) is -2.23. The number of anilines is 1. The third-order valence-electron chi connectivity index (χ3n) is 4.35. The lowest BCUT2D eigenvalue weighted by Crippen LogP contribution is -2.44. The lowest BCUT2D eigenvalue weighted by Gasteiger charge is -2.17. The summed E-state index contributed by atoms with van der Waals surface area (Å²) in [5, 5.41) is 4.33. The van der Waals surface area contributed by atoms with Gasteiger partial charge >= 0.3 is 6.09 Å². The SMILES string of the molecule is O=C(Nc1ccccc1)OC1COC2C(NS(=O)(=O)c3cccs3)COC12. The Kier molecular flexibility index (Phi) is 5.15. The first-order valence-corrected chi connectivity index (χ1v) is 10.7. The van der Waals surface area contributed by atoms with E-state index in [0.717, 1.165) is 11.3 Å². The Morgan fingerprint density at radius 2 is 1.85 bits per heavy atom. The minimum absolute atomic E-state index is 0.148. The molecule has 1 aromatic heterocycles. The van der Waals surface area contributed by atoms with Gasteiger partial charge in [0.05, 0.1) is 19.3 Å². The van der Waals surface area contributed by atoms with Crippen molar-refractivity contribution in [3.05, 3.63) is 47.8 Å². The first-order chi connectivity index (χ1) is 13.0. The molecule has 8 nitrogen and oxygen atoms in total. The molecule has 3 heterocycles. The average molecular weight is 410 g/mol. The molecule has 1 amide bonds. The highest BCUT2D eigenvalue weighted by atomic mass is 32.2. The molecule has 2 saturated heterocycles. The number of ether oxygens (including phenoxy) is 3. The summed E-state index contributed by atoms with van der Waals surface area (Å²) in [5.41, 5.74) is 0.617. The number of thiophene rings is 1. The van der Waals surface area contributed by atoms with Gasteiger partial charge in [0.25, 0.3) is 0 Å². The first kappa shape index (κ1) is 18.4. The molecular formula is C17H18N2O6S2. The smallest absolute Gasteiger partial charge is 0.412 e. The Morgan fingerprint density at radius 3 is 2.59 bits per heavy atom. The van der Waals surface area contributed by atoms with E-state index in [0.29, 0.717) is 5.69 Å². The van der Waals surface area contributed by atoms with E-state index in [1.807, 2.05) is 6.07 Å². The summed E-state index contributed by atoms with van der Waals surface area (Å²) < 4.78 is 44.4. The number of rotatable bonds is 5. The third kappa shape index (κ3) is 3.99. The lowest BCUT2D eigenvalue weighted by molar-refractivity contribution is 0.00884. The van der Waals surface area contributed by atoms with E-state index in [4.69, 9.17) is 14.2 Å². The quantitative estimate of drug-likeness (QED) is 0.779. The number of hydrogen-bond acceptors (Lipinski definition) is 7. The zero-order valence-electron chi connectivity index (χ0n) is 14.1. The van der Waals surface area contributed by atoms with Crippen molar-refractivity contribution in [1.29, 1.82) is 0 Å². The molecule has 4 unspecified atom stereocenters. The molecule has 2 aliphatic heterocycles. The summed E-state index contributed by atoms with van der Waals surface area (Å²) in [5.74, 6) is 0. The van der Waals surface area contributed by atoms with Crippen molar-refractivity contribution < 1.29 is 27.4 Å². The number of carbonyl (C=O) groups is 1. The Morgan fingerprint density at radius 1 is 1.07 bits per heavy atom. The molecule has 0 aliphatic carbocycles. The normalized spacial score (nSPS) is 27.3. The number of nitrogens with one attached hydrogen (secondary N) is 2. The molecule has 4 atom stereocenters. The summed E-state index contributed by atoms with van der Waals surface area (Å²) in [6.45, 7) is 0.300. The van der Waals surface area contributed by atoms with Gasteiger partial charge in [0.1, 0.15) is 16.4 Å². The van der Waals surface area contributed by atoms with Crippen molar-refractivity contribution in [2.24, 2.45) is 0 Å². The van der Waals surface area contributed by atoms with Gasteiger partial charge in [0.15, 0.2) is 6.10 Å². The minimum Gasteiger partial charge on any atom is -0.441 e. The highest BCUT2D eigenvalue weighted by Gasteiger charge is 2.50. The van der Waals surface area contributed by atoms with Crippen molar-refractivity contribution in [3.8, 4) is 0 Å². The maximum Gasteiger partial charge on any atom is 0.412 e. The topological polar surface area (TPSA) is 103 Å². The number of fused-ring (bicyclic) bond motifs is 1. The van der Waals surface area contributed by atoms with Gasteiger partial charge in [0.2, 0.25) is 10.0 Å². The van der Waals surface area contributed by atoms with Gasteiger partial charge in [-0.1, -0.05) is 24.3 Å². The van der Waals surface area contributed by atoms with Crippen molar-refractivity contribution in [1.82, 2.24) is 4.72 Å². The number of benzene rings is 1. The Balaban J connectivity index is 1.35. The maximum absolute atomic E-state index is 12.4. The summed E-state index contributed by atoms with van der Waals surface area (Å²) in [7, 11) is -3.63. The zero-order valence-corrected chi connectivity index (χ0v) is 15.7. The fraction of sp³-hybridized carbons (Fsp3) is 0.353. The molecule has 0 radical (unpaired) electrons. The van der Waals surface area contributed by atoms with Crippen LogP contribution in [0.4, 0.5) is 10.5 Å². The molecule has 4 rings (SSSR count). The van der Waals surface area contributed by atoms with E-state index in [-0.39, 0.29) is 17.4 Å². The molecule has 27 heavy (non-hydrogen) atoms. The molecular weight excluding hydrogens is 392 g/mol. The van der Waals surface area contributed by atoms with Crippen molar-refractivity contribution in [3.63, 3.8) is 0 Å². The van der Waals surface area contributed by atoms with Crippen LogP contribution in [0.5, 0.6) is 0 Å². The van der Waals surface area contributed by atoms with Crippen LogP contribution in [-0.2, 0) is 24.2 Å². The molecule has 2 aliphatic rings. The van der Waals surface area contributed by atoms with Gasteiger partial charge in [-0.2, -0.15) is 0 Å². The number of hydrogen-bond donors (Lipinski definition) is 2. The van der Waals surface area contributed by atoms with Crippen LogP contribution in [0.2, 0.25) is 0 Å². The van der Waals surface area contributed by atoms with Gasteiger partial charge in [-0.05, 0) is 23.6 Å². The third-order valence-corrected chi connectivity index (χ3v) is 7.24. The zero-order chi connectivity index (χ0) is 18.9. The summed E-state index contributed by atoms with van der Waals surface area (Å²) in [4.78, 5) is 12.1. The van der Waals surface area contributed by atoms with Crippen molar-refractivity contribution in [2.75, 3.05) is 18.5 Å². The number of carbonyl (C=O) groups excluding carboxylic acids is 1. The first-order valence-electron chi connectivity index (χ1n) is 8.35. The van der Waals surface area contributed by atoms with Gasteiger partial charge < -0.3 is 14.2 Å². The van der Waals surface area contributed by atoms with E-state index in [1.54, 1.807) is 35.7 Å². The lowest BCUT2D eigenvalue weighted by atomic mass is 10.1. The highest BCUT2D eigenvalue weighted by Crippen LogP contribution is 2.30. The number of amides is 1. The Hall–Kier alpha value is -1.98. The molecule has 10 heteroatoms. The fourth-order valence-electron chi connectivity index (χ4n) is 3.15. The molecule has 1 aromatic carbocycles.